The lowest BCUT2D eigenvalue weighted by Crippen LogP contribution is -3.00. The van der Waals surface area contributed by atoms with Crippen molar-refractivity contribution < 1.29 is 40.0 Å². The van der Waals surface area contributed by atoms with Crippen LogP contribution in [0.2, 0.25) is 0 Å². The van der Waals surface area contributed by atoms with Crippen LogP contribution in [0.5, 0.6) is 0 Å². The average molecular weight is 512 g/mol. The van der Waals surface area contributed by atoms with E-state index in [9.17, 15) is 23.1 Å². The van der Waals surface area contributed by atoms with Crippen LogP contribution in [-0.4, -0.2) is 21.0 Å². The fourth-order valence-corrected chi connectivity index (χ4v) is 5.55. The molecule has 0 unspecified atom stereocenters. The number of rotatable bonds is 6. The maximum atomic E-state index is 13.0. The van der Waals surface area contributed by atoms with Crippen molar-refractivity contribution in [2.75, 3.05) is 0 Å². The molecule has 0 spiro atoms. The van der Waals surface area contributed by atoms with Gasteiger partial charge < -0.3 is 17.5 Å². The number of carboxylic acids is 1. The summed E-state index contributed by atoms with van der Waals surface area (Å²) in [4.78, 5) is 19.5. The molecule has 33 heavy (non-hydrogen) atoms. The highest BCUT2D eigenvalue weighted by Gasteiger charge is 2.31. The third kappa shape index (κ3) is 5.45. The number of aromatic nitrogens is 3. The van der Waals surface area contributed by atoms with Crippen LogP contribution < -0.4 is 17.0 Å². The lowest BCUT2D eigenvalue weighted by atomic mass is 10.2. The first kappa shape index (κ1) is 24.9. The van der Waals surface area contributed by atoms with E-state index in [4.69, 9.17) is 0 Å². The summed E-state index contributed by atoms with van der Waals surface area (Å²) in [6, 6.07) is 14.0. The Balaban J connectivity index is 0.00000306. The van der Waals surface area contributed by atoms with E-state index in [0.717, 1.165) is 23.4 Å². The Hall–Kier alpha value is -2.69. The number of fused-ring (bicyclic) bond motifs is 1. The number of alkyl halides is 3. The van der Waals surface area contributed by atoms with Gasteiger partial charge in [-0.1, -0.05) is 44.8 Å². The molecule has 0 bridgehead atoms. The maximum absolute atomic E-state index is 13.0. The SMILES string of the molecule is Cc1ccc[n+](-c2nc3cc(C(F)(F)F)ccc3[nH]2)c1CSSc1ccccc1C(=O)O.[Cl-]. The second-order valence-electron chi connectivity index (χ2n) is 6.94. The number of hydrogen-bond acceptors (Lipinski definition) is 4. The maximum Gasteiger partial charge on any atom is 0.416 e. The Morgan fingerprint density at radius 3 is 2.64 bits per heavy atom. The number of nitrogens with one attached hydrogen (secondary N) is 1. The molecular formula is C22H17ClF3N3O2S2. The number of hydrogen-bond donors (Lipinski definition) is 2. The summed E-state index contributed by atoms with van der Waals surface area (Å²) in [5.41, 5.74) is 2.09. The second-order valence-corrected chi connectivity index (χ2v) is 9.28. The highest BCUT2D eigenvalue weighted by atomic mass is 35.5. The number of carboxylic acid groups (broad SMARTS) is 1. The van der Waals surface area contributed by atoms with Crippen molar-refractivity contribution in [2.24, 2.45) is 0 Å². The highest BCUT2D eigenvalue weighted by Crippen LogP contribution is 2.36. The zero-order valence-corrected chi connectivity index (χ0v) is 19.4. The number of aromatic amines is 1. The van der Waals surface area contributed by atoms with Crippen molar-refractivity contribution in [2.45, 2.75) is 23.7 Å². The Labute approximate surface area is 201 Å². The zero-order valence-electron chi connectivity index (χ0n) is 17.1. The van der Waals surface area contributed by atoms with Crippen LogP contribution in [0.3, 0.4) is 0 Å². The average Bonchev–Trinajstić information content (AvgIpc) is 3.17. The van der Waals surface area contributed by atoms with E-state index >= 15 is 0 Å². The molecule has 0 radical (unpaired) electrons. The van der Waals surface area contributed by atoms with Gasteiger partial charge in [-0.25, -0.2) is 14.3 Å². The van der Waals surface area contributed by atoms with Gasteiger partial charge in [-0.05, 0) is 48.9 Å². The summed E-state index contributed by atoms with van der Waals surface area (Å²) >= 11 is 0. The number of pyridine rings is 1. The van der Waals surface area contributed by atoms with Crippen LogP contribution in [0, 0.1) is 6.92 Å². The topological polar surface area (TPSA) is 69.9 Å². The molecule has 2 aromatic heterocycles. The monoisotopic (exact) mass is 511 g/mol. The third-order valence-corrected chi connectivity index (χ3v) is 7.11. The fraction of sp³-hybridized carbons (Fsp3) is 0.136. The van der Waals surface area contributed by atoms with Gasteiger partial charge in [0.15, 0.2) is 5.52 Å². The number of halogens is 4. The third-order valence-electron chi connectivity index (χ3n) is 4.82. The summed E-state index contributed by atoms with van der Waals surface area (Å²) in [6.45, 7) is 1.94. The highest BCUT2D eigenvalue weighted by molar-refractivity contribution is 8.76. The van der Waals surface area contributed by atoms with Gasteiger partial charge in [-0.2, -0.15) is 13.2 Å². The molecule has 0 saturated heterocycles. The zero-order chi connectivity index (χ0) is 22.9. The van der Waals surface area contributed by atoms with Gasteiger partial charge in [0, 0.05) is 4.90 Å². The first-order valence-electron chi connectivity index (χ1n) is 9.43. The summed E-state index contributed by atoms with van der Waals surface area (Å²) in [5.74, 6) is -0.0504. The van der Waals surface area contributed by atoms with Crippen LogP contribution in [0.15, 0.2) is 65.7 Å². The van der Waals surface area contributed by atoms with E-state index in [-0.39, 0.29) is 23.5 Å². The summed E-state index contributed by atoms with van der Waals surface area (Å²) in [7, 11) is 2.83. The molecule has 0 atom stereocenters. The minimum atomic E-state index is -4.44. The number of carbonyl (C=O) groups is 1. The minimum Gasteiger partial charge on any atom is -1.00 e. The van der Waals surface area contributed by atoms with E-state index in [1.54, 1.807) is 35.0 Å². The molecule has 2 aromatic carbocycles. The van der Waals surface area contributed by atoms with E-state index in [1.165, 1.54) is 27.7 Å². The number of imidazole rings is 1. The summed E-state index contributed by atoms with van der Waals surface area (Å²) < 4.78 is 40.9. The van der Waals surface area contributed by atoms with Gasteiger partial charge in [0.25, 0.3) is 0 Å². The molecule has 0 aliphatic rings. The quantitative estimate of drug-likeness (QED) is 0.308. The van der Waals surface area contributed by atoms with Crippen LogP contribution in [-0.2, 0) is 11.9 Å². The molecule has 0 aliphatic carbocycles. The largest absolute Gasteiger partial charge is 1.00 e. The van der Waals surface area contributed by atoms with Crippen LogP contribution in [0.4, 0.5) is 13.2 Å². The molecule has 4 rings (SSSR count). The Bertz CT molecular complexity index is 1310. The normalized spacial score (nSPS) is 11.4. The van der Waals surface area contributed by atoms with E-state index in [1.807, 2.05) is 19.1 Å². The molecule has 2 N–H and O–H groups in total. The van der Waals surface area contributed by atoms with Crippen molar-refractivity contribution in [3.63, 3.8) is 0 Å². The van der Waals surface area contributed by atoms with Crippen LogP contribution in [0.25, 0.3) is 17.0 Å². The van der Waals surface area contributed by atoms with E-state index in [0.29, 0.717) is 22.1 Å². The van der Waals surface area contributed by atoms with Crippen LogP contribution in [0.1, 0.15) is 27.2 Å². The number of H-pyrrole nitrogens is 1. The van der Waals surface area contributed by atoms with Gasteiger partial charge in [0.05, 0.1) is 28.8 Å². The Morgan fingerprint density at radius 1 is 1.15 bits per heavy atom. The number of nitrogens with zero attached hydrogens (tertiary/aromatic N) is 2. The predicted octanol–water partition coefficient (Wildman–Crippen LogP) is 2.81. The Kier molecular flexibility index (Phi) is 7.61. The minimum absolute atomic E-state index is 0. The molecule has 11 heteroatoms. The lowest BCUT2D eigenvalue weighted by Gasteiger charge is -2.09. The fourth-order valence-electron chi connectivity index (χ4n) is 3.18. The molecule has 172 valence electrons. The molecule has 0 aliphatic heterocycles. The molecule has 0 saturated carbocycles. The second kappa shape index (κ2) is 10.1. The molecule has 0 amide bonds. The number of aromatic carboxylic acids is 1. The van der Waals surface area contributed by atoms with Gasteiger partial charge in [-0.3, -0.25) is 0 Å². The van der Waals surface area contributed by atoms with Gasteiger partial charge >= 0.3 is 18.1 Å². The van der Waals surface area contributed by atoms with Crippen molar-refractivity contribution in [1.82, 2.24) is 9.97 Å². The van der Waals surface area contributed by atoms with E-state index in [2.05, 4.69) is 9.97 Å². The van der Waals surface area contributed by atoms with Gasteiger partial charge in [-0.15, -0.1) is 0 Å². The number of benzene rings is 2. The van der Waals surface area contributed by atoms with Gasteiger partial charge in [0.2, 0.25) is 0 Å². The molecular weight excluding hydrogens is 495 g/mol. The predicted molar refractivity (Wildman–Crippen MR) is 118 cm³/mol. The van der Waals surface area contributed by atoms with E-state index < -0.39 is 17.7 Å². The number of aryl methyl sites for hydroxylation is 1. The van der Waals surface area contributed by atoms with Crippen molar-refractivity contribution in [3.05, 3.63) is 83.2 Å². The van der Waals surface area contributed by atoms with Gasteiger partial charge in [0.1, 0.15) is 5.52 Å². The van der Waals surface area contributed by atoms with Crippen LogP contribution >= 0.6 is 21.6 Å². The van der Waals surface area contributed by atoms with Crippen molar-refractivity contribution >= 4 is 38.6 Å². The smallest absolute Gasteiger partial charge is 0.416 e. The molecule has 2 heterocycles. The first-order valence-corrected chi connectivity index (χ1v) is 11.7. The molecule has 4 aromatic rings. The standard InChI is InChI=1S/C22H16F3N3O2S2.ClH/c1-13-5-4-10-28(18(13)12-31-32-19-7-3-2-6-15(19)20(29)30)21-26-16-9-8-14(22(23,24)25)11-17(16)27-21;/h2-11H,12H2,1H3,(H-,26,27,29,30);1H. The lowest BCUT2D eigenvalue weighted by molar-refractivity contribution is -0.610. The summed E-state index contributed by atoms with van der Waals surface area (Å²) in [6.07, 6.45) is -2.64. The van der Waals surface area contributed by atoms with Crippen molar-refractivity contribution in [1.29, 1.82) is 0 Å². The molecule has 0 fully saturated rings. The Morgan fingerprint density at radius 2 is 1.91 bits per heavy atom. The first-order chi connectivity index (χ1) is 15.2. The summed E-state index contributed by atoms with van der Waals surface area (Å²) in [5, 5.41) is 9.35. The molecule has 5 nitrogen and oxygen atoms in total. The van der Waals surface area contributed by atoms with Crippen molar-refractivity contribution in [3.8, 4) is 5.95 Å².